The maximum absolute atomic E-state index is 12.6. The molecular formula is C27H36N2O4. The van der Waals surface area contributed by atoms with E-state index in [0.717, 1.165) is 25.2 Å². The third kappa shape index (κ3) is 7.14. The van der Waals surface area contributed by atoms with Gasteiger partial charge in [-0.05, 0) is 31.9 Å². The molecule has 1 fully saturated rings. The van der Waals surface area contributed by atoms with Gasteiger partial charge in [0, 0.05) is 37.8 Å². The number of piperazine rings is 1. The molecule has 1 saturated heterocycles. The largest absolute Gasteiger partial charge is 0.466 e. The van der Waals surface area contributed by atoms with Gasteiger partial charge in [-0.25, -0.2) is 0 Å². The molecule has 0 saturated carbocycles. The molecule has 0 spiro atoms. The van der Waals surface area contributed by atoms with Gasteiger partial charge in [0.15, 0.2) is 0 Å². The fraction of sp³-hybridized carbons (Fsp3) is 0.481. The van der Waals surface area contributed by atoms with Crippen molar-refractivity contribution in [2.75, 3.05) is 26.3 Å². The van der Waals surface area contributed by atoms with Crippen LogP contribution in [0.25, 0.3) is 0 Å². The van der Waals surface area contributed by atoms with Crippen LogP contribution in [0.4, 0.5) is 0 Å². The summed E-state index contributed by atoms with van der Waals surface area (Å²) >= 11 is 0. The third-order valence-electron chi connectivity index (χ3n) is 6.17. The van der Waals surface area contributed by atoms with Crippen LogP contribution in [0.5, 0.6) is 0 Å². The summed E-state index contributed by atoms with van der Waals surface area (Å²) in [5, 5.41) is 0. The minimum Gasteiger partial charge on any atom is -0.466 e. The second kappa shape index (κ2) is 12.5. The lowest BCUT2D eigenvalue weighted by Gasteiger charge is -2.49. The van der Waals surface area contributed by atoms with Crippen LogP contribution in [0.15, 0.2) is 60.7 Å². The zero-order chi connectivity index (χ0) is 23.6. The minimum atomic E-state index is -0.204. The number of hydrogen-bond acceptors (Lipinski definition) is 6. The molecule has 0 aliphatic carbocycles. The topological polar surface area (TPSA) is 59.1 Å². The van der Waals surface area contributed by atoms with Crippen LogP contribution in [-0.4, -0.2) is 60.1 Å². The molecule has 1 aliphatic heterocycles. The highest BCUT2D eigenvalue weighted by Gasteiger charge is 2.40. The van der Waals surface area contributed by atoms with E-state index in [0.29, 0.717) is 13.2 Å². The monoisotopic (exact) mass is 452 g/mol. The molecule has 0 aromatic heterocycles. The van der Waals surface area contributed by atoms with Crippen LogP contribution in [0.3, 0.4) is 0 Å². The van der Waals surface area contributed by atoms with E-state index in [1.54, 1.807) is 0 Å². The van der Waals surface area contributed by atoms with E-state index < -0.39 is 0 Å². The fourth-order valence-corrected chi connectivity index (χ4v) is 4.83. The van der Waals surface area contributed by atoms with Gasteiger partial charge in [-0.2, -0.15) is 0 Å². The van der Waals surface area contributed by atoms with E-state index in [2.05, 4.69) is 41.0 Å². The molecule has 0 amide bonds. The van der Waals surface area contributed by atoms with E-state index in [-0.39, 0.29) is 42.9 Å². The summed E-state index contributed by atoms with van der Waals surface area (Å²) in [5.41, 5.74) is 2.38. The maximum Gasteiger partial charge on any atom is 0.307 e. The van der Waals surface area contributed by atoms with E-state index >= 15 is 0 Å². The van der Waals surface area contributed by atoms with Crippen molar-refractivity contribution in [2.45, 2.75) is 58.3 Å². The molecule has 33 heavy (non-hydrogen) atoms. The molecule has 3 unspecified atom stereocenters. The van der Waals surface area contributed by atoms with Gasteiger partial charge in [0.05, 0.1) is 26.1 Å². The van der Waals surface area contributed by atoms with Crippen molar-refractivity contribution in [2.24, 2.45) is 0 Å². The highest BCUT2D eigenvalue weighted by molar-refractivity contribution is 5.71. The van der Waals surface area contributed by atoms with Crippen LogP contribution in [0.2, 0.25) is 0 Å². The number of carbonyl (C=O) groups excluding carboxylic acids is 2. The smallest absolute Gasteiger partial charge is 0.307 e. The molecule has 3 rings (SSSR count). The van der Waals surface area contributed by atoms with E-state index in [1.807, 2.05) is 50.2 Å². The standard InChI is InChI=1S/C27H36N2O4/c1-4-32-26(30)16-24-19-28(18-22-12-8-6-9-13-22)20-25(17-27(31)33-5-2)29(24)21(3)23-14-10-7-11-15-23/h6-15,21,24-25H,4-5,16-20H2,1-3H3. The van der Waals surface area contributed by atoms with Gasteiger partial charge in [0.2, 0.25) is 0 Å². The lowest BCUT2D eigenvalue weighted by Crippen LogP contribution is -2.60. The van der Waals surface area contributed by atoms with Gasteiger partial charge in [-0.1, -0.05) is 60.7 Å². The summed E-state index contributed by atoms with van der Waals surface area (Å²) in [4.78, 5) is 29.8. The lowest BCUT2D eigenvalue weighted by molar-refractivity contribution is -0.148. The number of esters is 2. The van der Waals surface area contributed by atoms with Crippen molar-refractivity contribution in [1.29, 1.82) is 0 Å². The number of nitrogens with zero attached hydrogens (tertiary/aromatic N) is 2. The minimum absolute atomic E-state index is 0.0453. The Kier molecular flexibility index (Phi) is 9.46. The Balaban J connectivity index is 1.90. The molecule has 1 aliphatic rings. The first-order valence-corrected chi connectivity index (χ1v) is 11.9. The third-order valence-corrected chi connectivity index (χ3v) is 6.17. The highest BCUT2D eigenvalue weighted by atomic mass is 16.5. The number of hydrogen-bond donors (Lipinski definition) is 0. The van der Waals surface area contributed by atoms with Crippen LogP contribution < -0.4 is 0 Å². The van der Waals surface area contributed by atoms with E-state index in [4.69, 9.17) is 9.47 Å². The van der Waals surface area contributed by atoms with Crippen molar-refractivity contribution in [3.05, 3.63) is 71.8 Å². The summed E-state index contributed by atoms with van der Waals surface area (Å²) in [6.07, 6.45) is 0.575. The van der Waals surface area contributed by atoms with Crippen molar-refractivity contribution in [3.63, 3.8) is 0 Å². The predicted octanol–water partition coefficient (Wildman–Crippen LogP) is 4.21. The van der Waals surface area contributed by atoms with Crippen LogP contribution in [0.1, 0.15) is 50.8 Å². The summed E-state index contributed by atoms with van der Waals surface area (Å²) in [7, 11) is 0. The first-order chi connectivity index (χ1) is 16.0. The van der Waals surface area contributed by atoms with E-state index in [1.165, 1.54) is 5.56 Å². The van der Waals surface area contributed by atoms with Gasteiger partial charge in [-0.15, -0.1) is 0 Å². The zero-order valence-corrected chi connectivity index (χ0v) is 20.0. The number of benzene rings is 2. The van der Waals surface area contributed by atoms with Crippen molar-refractivity contribution >= 4 is 11.9 Å². The Morgan fingerprint density at radius 1 is 0.848 bits per heavy atom. The van der Waals surface area contributed by atoms with Crippen molar-refractivity contribution in [1.82, 2.24) is 9.80 Å². The Bertz CT molecular complexity index is 844. The summed E-state index contributed by atoms with van der Waals surface area (Å²) in [6.45, 7) is 8.75. The Morgan fingerprint density at radius 3 is 1.82 bits per heavy atom. The SMILES string of the molecule is CCOC(=O)CC1CN(Cc2ccccc2)CC(CC(=O)OCC)N1C(C)c1ccccc1. The fourth-order valence-electron chi connectivity index (χ4n) is 4.83. The molecule has 0 bridgehead atoms. The number of carbonyl (C=O) groups is 2. The molecule has 2 aromatic rings. The second-order valence-electron chi connectivity index (χ2n) is 8.54. The van der Waals surface area contributed by atoms with Gasteiger partial charge in [0.25, 0.3) is 0 Å². The Hall–Kier alpha value is -2.70. The molecule has 178 valence electrons. The first-order valence-electron chi connectivity index (χ1n) is 11.9. The van der Waals surface area contributed by atoms with Crippen LogP contribution in [-0.2, 0) is 25.6 Å². The van der Waals surface area contributed by atoms with Crippen molar-refractivity contribution in [3.8, 4) is 0 Å². The Morgan fingerprint density at radius 2 is 1.33 bits per heavy atom. The average Bonchev–Trinajstić information content (AvgIpc) is 2.80. The van der Waals surface area contributed by atoms with Gasteiger partial charge in [-0.3, -0.25) is 19.4 Å². The quantitative estimate of drug-likeness (QED) is 0.504. The summed E-state index contributed by atoms with van der Waals surface area (Å²) < 4.78 is 10.6. The summed E-state index contributed by atoms with van der Waals surface area (Å²) in [5.74, 6) is -0.409. The number of rotatable bonds is 10. The lowest BCUT2D eigenvalue weighted by atomic mass is 9.94. The van der Waals surface area contributed by atoms with Gasteiger partial charge >= 0.3 is 11.9 Å². The average molecular weight is 453 g/mol. The molecule has 6 nitrogen and oxygen atoms in total. The number of ether oxygens (including phenoxy) is 2. The summed E-state index contributed by atoms with van der Waals surface area (Å²) in [6, 6.07) is 20.5. The van der Waals surface area contributed by atoms with Crippen molar-refractivity contribution < 1.29 is 19.1 Å². The zero-order valence-electron chi connectivity index (χ0n) is 20.0. The normalized spacial score (nSPS) is 20.2. The molecule has 6 heteroatoms. The van der Waals surface area contributed by atoms with Crippen LogP contribution >= 0.6 is 0 Å². The maximum atomic E-state index is 12.6. The molecule has 3 atom stereocenters. The Labute approximate surface area is 197 Å². The molecule has 0 radical (unpaired) electrons. The highest BCUT2D eigenvalue weighted by Crippen LogP contribution is 2.32. The molecule has 1 heterocycles. The second-order valence-corrected chi connectivity index (χ2v) is 8.54. The molecule has 0 N–H and O–H groups in total. The molecular weight excluding hydrogens is 416 g/mol. The predicted molar refractivity (Wildman–Crippen MR) is 128 cm³/mol. The van der Waals surface area contributed by atoms with Gasteiger partial charge < -0.3 is 9.47 Å². The van der Waals surface area contributed by atoms with E-state index in [9.17, 15) is 9.59 Å². The van der Waals surface area contributed by atoms with Crippen LogP contribution in [0, 0.1) is 0 Å². The van der Waals surface area contributed by atoms with Gasteiger partial charge in [0.1, 0.15) is 0 Å². The molecule has 2 aromatic carbocycles. The first kappa shape index (κ1) is 24.9.